The number of ether oxygens (including phenoxy) is 1. The summed E-state index contributed by atoms with van der Waals surface area (Å²) in [6.07, 6.45) is 2.49. The number of likely N-dealkylation sites (tertiary alicyclic amines) is 1. The molecule has 1 saturated heterocycles. The van der Waals surface area contributed by atoms with E-state index in [2.05, 4.69) is 15.2 Å². The second kappa shape index (κ2) is 8.19. The summed E-state index contributed by atoms with van der Waals surface area (Å²) >= 11 is 1.45. The van der Waals surface area contributed by atoms with Crippen LogP contribution in [0.15, 0.2) is 28.0 Å². The number of pyridine rings is 2. The number of aromatic nitrogens is 2. The van der Waals surface area contributed by atoms with Crippen LogP contribution in [-0.2, 0) is 4.74 Å². The van der Waals surface area contributed by atoms with Crippen LogP contribution in [0.3, 0.4) is 0 Å². The van der Waals surface area contributed by atoms with Gasteiger partial charge in [0.25, 0.3) is 5.56 Å². The van der Waals surface area contributed by atoms with E-state index < -0.39 is 5.60 Å². The van der Waals surface area contributed by atoms with Gasteiger partial charge in [0.2, 0.25) is 0 Å². The highest BCUT2D eigenvalue weighted by molar-refractivity contribution is 7.99. The molecule has 4 heterocycles. The molecule has 0 aromatic carbocycles. The zero-order chi connectivity index (χ0) is 21.5. The van der Waals surface area contributed by atoms with Crippen LogP contribution >= 0.6 is 11.8 Å². The van der Waals surface area contributed by atoms with Gasteiger partial charge >= 0.3 is 6.09 Å². The fraction of sp³-hybridized carbons (Fsp3) is 0.571. The number of carbonyl (C=O) groups is 1. The van der Waals surface area contributed by atoms with E-state index in [0.29, 0.717) is 28.2 Å². The minimum absolute atomic E-state index is 0.0438. The summed E-state index contributed by atoms with van der Waals surface area (Å²) in [5.41, 5.74) is 0.610. The van der Waals surface area contributed by atoms with Crippen LogP contribution in [-0.4, -0.2) is 57.6 Å². The van der Waals surface area contributed by atoms with Crippen molar-refractivity contribution in [2.75, 3.05) is 25.4 Å². The molecular formula is C21H27FN4O3S. The van der Waals surface area contributed by atoms with Crippen LogP contribution in [0.2, 0.25) is 0 Å². The van der Waals surface area contributed by atoms with Crippen LogP contribution < -0.4 is 10.9 Å². The van der Waals surface area contributed by atoms with Crippen molar-refractivity contribution in [2.24, 2.45) is 0 Å². The second-order valence-corrected chi connectivity index (χ2v) is 9.93. The zero-order valence-electron chi connectivity index (χ0n) is 17.5. The first-order valence-corrected chi connectivity index (χ1v) is 11.2. The lowest BCUT2D eigenvalue weighted by Crippen LogP contribution is -2.48. The van der Waals surface area contributed by atoms with E-state index in [0.717, 1.165) is 25.9 Å². The SMILES string of the molecule is CC(C)(C)OC(=O)NC1CCN(C[C@@H]2CSc3c(F)cnc4ccc(=O)n2c34)CC1. The van der Waals surface area contributed by atoms with Gasteiger partial charge in [-0.05, 0) is 39.7 Å². The standard InChI is InChI=1S/C21H27FN4O3S/c1-21(2,3)29-20(28)24-13-6-8-25(9-7-13)11-14-12-30-19-15(22)10-23-16-4-5-17(27)26(14)18(16)19/h4-5,10,13-14H,6-9,11-12H2,1-3H3,(H,24,28)/t14-/m1/s1. The van der Waals surface area contributed by atoms with Crippen molar-refractivity contribution in [2.45, 2.75) is 56.2 Å². The minimum Gasteiger partial charge on any atom is -0.444 e. The Morgan fingerprint density at radius 3 is 2.77 bits per heavy atom. The second-order valence-electron chi connectivity index (χ2n) is 8.90. The van der Waals surface area contributed by atoms with Crippen molar-refractivity contribution in [3.05, 3.63) is 34.5 Å². The average molecular weight is 435 g/mol. The van der Waals surface area contributed by atoms with Crippen LogP contribution in [0.4, 0.5) is 9.18 Å². The first-order valence-electron chi connectivity index (χ1n) is 10.3. The number of thioether (sulfide) groups is 1. The Labute approximate surface area is 179 Å². The molecule has 2 aliphatic heterocycles. The number of amides is 1. The summed E-state index contributed by atoms with van der Waals surface area (Å²) in [4.78, 5) is 31.6. The van der Waals surface area contributed by atoms with Gasteiger partial charge in [0.15, 0.2) is 5.82 Å². The molecule has 1 fully saturated rings. The van der Waals surface area contributed by atoms with Gasteiger partial charge in [0.1, 0.15) is 5.60 Å². The van der Waals surface area contributed by atoms with Crippen molar-refractivity contribution in [3.8, 4) is 0 Å². The van der Waals surface area contributed by atoms with Crippen LogP contribution in [0.1, 0.15) is 39.7 Å². The maximum Gasteiger partial charge on any atom is 0.407 e. The Kier molecular flexibility index (Phi) is 5.76. The molecule has 0 unspecified atom stereocenters. The van der Waals surface area contributed by atoms with E-state index in [4.69, 9.17) is 4.74 Å². The maximum absolute atomic E-state index is 14.2. The van der Waals surface area contributed by atoms with Gasteiger partial charge in [-0.1, -0.05) is 0 Å². The predicted molar refractivity (Wildman–Crippen MR) is 115 cm³/mol. The number of alkyl carbamates (subject to hydrolysis) is 1. The number of rotatable bonds is 3. The van der Waals surface area contributed by atoms with E-state index in [1.165, 1.54) is 24.0 Å². The van der Waals surface area contributed by atoms with E-state index in [1.807, 2.05) is 20.8 Å². The van der Waals surface area contributed by atoms with E-state index in [9.17, 15) is 14.0 Å². The highest BCUT2D eigenvalue weighted by Crippen LogP contribution is 2.37. The average Bonchev–Trinajstić information content (AvgIpc) is 2.67. The molecule has 0 radical (unpaired) electrons. The lowest BCUT2D eigenvalue weighted by Gasteiger charge is -2.36. The molecule has 9 heteroatoms. The highest BCUT2D eigenvalue weighted by Gasteiger charge is 2.29. The molecule has 2 aromatic heterocycles. The number of hydrogen-bond donors (Lipinski definition) is 1. The Morgan fingerprint density at radius 1 is 1.33 bits per heavy atom. The number of halogens is 1. The molecule has 0 aliphatic carbocycles. The van der Waals surface area contributed by atoms with Gasteiger partial charge in [-0.25, -0.2) is 9.18 Å². The largest absolute Gasteiger partial charge is 0.444 e. The quantitative estimate of drug-likeness (QED) is 0.800. The Bertz CT molecular complexity index is 1010. The molecule has 0 spiro atoms. The zero-order valence-corrected chi connectivity index (χ0v) is 18.3. The lowest BCUT2D eigenvalue weighted by atomic mass is 10.0. The van der Waals surface area contributed by atoms with Crippen molar-refractivity contribution < 1.29 is 13.9 Å². The summed E-state index contributed by atoms with van der Waals surface area (Å²) < 4.78 is 21.3. The first-order chi connectivity index (χ1) is 14.2. The minimum atomic E-state index is -0.512. The predicted octanol–water partition coefficient (Wildman–Crippen LogP) is 3.17. The van der Waals surface area contributed by atoms with Crippen molar-refractivity contribution in [3.63, 3.8) is 0 Å². The molecular weight excluding hydrogens is 407 g/mol. The fourth-order valence-corrected chi connectivity index (χ4v) is 5.24. The number of hydrogen-bond acceptors (Lipinski definition) is 6. The van der Waals surface area contributed by atoms with E-state index >= 15 is 0 Å². The summed E-state index contributed by atoms with van der Waals surface area (Å²) in [5, 5.41) is 2.95. The summed E-state index contributed by atoms with van der Waals surface area (Å²) in [7, 11) is 0. The van der Waals surface area contributed by atoms with Crippen LogP contribution in [0.25, 0.3) is 11.0 Å². The number of nitrogens with one attached hydrogen (secondary N) is 1. The third-order valence-corrected chi connectivity index (χ3v) is 6.64. The molecule has 2 aromatic rings. The Hall–Kier alpha value is -2.13. The molecule has 2 aliphatic rings. The monoisotopic (exact) mass is 434 g/mol. The molecule has 30 heavy (non-hydrogen) atoms. The lowest BCUT2D eigenvalue weighted by molar-refractivity contribution is 0.0476. The van der Waals surface area contributed by atoms with E-state index in [1.54, 1.807) is 10.6 Å². The molecule has 1 atom stereocenters. The molecule has 0 bridgehead atoms. The molecule has 0 saturated carbocycles. The van der Waals surface area contributed by atoms with Crippen LogP contribution in [0.5, 0.6) is 0 Å². The fourth-order valence-electron chi connectivity index (χ4n) is 4.09. The Morgan fingerprint density at radius 2 is 2.07 bits per heavy atom. The first kappa shape index (κ1) is 21.1. The summed E-state index contributed by atoms with van der Waals surface area (Å²) in [6.45, 7) is 7.89. The third kappa shape index (κ3) is 4.46. The van der Waals surface area contributed by atoms with Gasteiger partial charge in [-0.2, -0.15) is 0 Å². The molecule has 162 valence electrons. The highest BCUT2D eigenvalue weighted by atomic mass is 32.2. The normalized spacial score (nSPS) is 20.3. The molecule has 1 amide bonds. The smallest absolute Gasteiger partial charge is 0.407 e. The van der Waals surface area contributed by atoms with Gasteiger partial charge < -0.3 is 19.5 Å². The van der Waals surface area contributed by atoms with Crippen molar-refractivity contribution >= 4 is 28.9 Å². The molecule has 1 N–H and O–H groups in total. The van der Waals surface area contributed by atoms with E-state index in [-0.39, 0.29) is 29.6 Å². The number of carbonyl (C=O) groups excluding carboxylic acids is 1. The molecule has 4 rings (SSSR count). The van der Waals surface area contributed by atoms with Gasteiger partial charge in [0.05, 0.1) is 28.2 Å². The number of nitrogens with zero attached hydrogens (tertiary/aromatic N) is 3. The van der Waals surface area contributed by atoms with Gasteiger partial charge in [-0.15, -0.1) is 11.8 Å². The van der Waals surface area contributed by atoms with Gasteiger partial charge in [-0.3, -0.25) is 9.78 Å². The Balaban J connectivity index is 1.42. The maximum atomic E-state index is 14.2. The van der Waals surface area contributed by atoms with Crippen molar-refractivity contribution in [1.82, 2.24) is 19.8 Å². The van der Waals surface area contributed by atoms with Crippen LogP contribution in [0, 0.1) is 5.82 Å². The van der Waals surface area contributed by atoms with Gasteiger partial charge in [0, 0.05) is 37.5 Å². The topological polar surface area (TPSA) is 76.5 Å². The summed E-state index contributed by atoms with van der Waals surface area (Å²) in [6, 6.07) is 3.21. The van der Waals surface area contributed by atoms with Crippen molar-refractivity contribution in [1.29, 1.82) is 0 Å². The third-order valence-electron chi connectivity index (χ3n) is 5.42. The summed E-state index contributed by atoms with van der Waals surface area (Å²) in [5.74, 6) is 0.266. The molecule has 7 nitrogen and oxygen atoms in total. The number of piperidine rings is 1.